The van der Waals surface area contributed by atoms with Crippen molar-refractivity contribution >= 4 is 11.0 Å². The molecule has 3 heterocycles. The molecule has 1 unspecified atom stereocenters. The fourth-order valence-corrected chi connectivity index (χ4v) is 5.23. The second-order valence-electron chi connectivity index (χ2n) is 9.08. The molecule has 0 amide bonds. The number of benzene rings is 1. The van der Waals surface area contributed by atoms with Crippen molar-refractivity contribution in [3.63, 3.8) is 0 Å². The summed E-state index contributed by atoms with van der Waals surface area (Å²) >= 11 is 0. The van der Waals surface area contributed by atoms with Crippen LogP contribution in [-0.2, 0) is 13.6 Å². The third-order valence-electron chi connectivity index (χ3n) is 7.02. The molecule has 0 aliphatic carbocycles. The van der Waals surface area contributed by atoms with Crippen molar-refractivity contribution < 1.29 is 5.11 Å². The maximum absolute atomic E-state index is 9.70. The minimum absolute atomic E-state index is 0.270. The van der Waals surface area contributed by atoms with Gasteiger partial charge in [0.25, 0.3) is 0 Å². The monoisotopic (exact) mass is 399 g/mol. The van der Waals surface area contributed by atoms with E-state index in [1.54, 1.807) is 0 Å². The lowest BCUT2D eigenvalue weighted by Crippen LogP contribution is -2.58. The molecule has 2 aromatic rings. The SMILES string of the molecule is CC(C)N1CCC(N2CCN(Cc3nc4ccccc4n3C)CC2CCO)CC1. The standard InChI is InChI=1S/C23H37N5O/c1-18(2)27-11-8-19(9-12-27)28-14-13-26(16-20(28)10-15-29)17-23-24-21-6-4-5-7-22(21)25(23)3/h4-7,18-20,29H,8-17H2,1-3H3. The average molecular weight is 400 g/mol. The molecule has 6 nitrogen and oxygen atoms in total. The van der Waals surface area contributed by atoms with Crippen LogP contribution in [0.4, 0.5) is 0 Å². The lowest BCUT2D eigenvalue weighted by molar-refractivity contribution is -0.000838. The second kappa shape index (κ2) is 9.13. The molecule has 4 rings (SSSR count). The third kappa shape index (κ3) is 4.50. The van der Waals surface area contributed by atoms with E-state index in [0.717, 1.165) is 43.9 Å². The second-order valence-corrected chi connectivity index (χ2v) is 9.08. The molecule has 0 saturated carbocycles. The van der Waals surface area contributed by atoms with Crippen LogP contribution in [0.25, 0.3) is 11.0 Å². The van der Waals surface area contributed by atoms with E-state index in [1.807, 2.05) is 0 Å². The summed E-state index contributed by atoms with van der Waals surface area (Å²) in [7, 11) is 2.12. The van der Waals surface area contributed by atoms with E-state index in [4.69, 9.17) is 4.98 Å². The predicted octanol–water partition coefficient (Wildman–Crippen LogP) is 2.31. The van der Waals surface area contributed by atoms with E-state index in [2.05, 4.69) is 64.4 Å². The van der Waals surface area contributed by atoms with Crippen LogP contribution in [0.5, 0.6) is 0 Å². The van der Waals surface area contributed by atoms with Gasteiger partial charge in [0.2, 0.25) is 0 Å². The van der Waals surface area contributed by atoms with Crippen LogP contribution in [0.2, 0.25) is 0 Å². The maximum atomic E-state index is 9.70. The zero-order valence-electron chi connectivity index (χ0n) is 18.3. The molecule has 0 bridgehead atoms. The van der Waals surface area contributed by atoms with Crippen molar-refractivity contribution in [3.8, 4) is 0 Å². The summed E-state index contributed by atoms with van der Waals surface area (Å²) in [5.74, 6) is 1.13. The van der Waals surface area contributed by atoms with Crippen molar-refractivity contribution in [2.75, 3.05) is 39.3 Å². The first-order valence-corrected chi connectivity index (χ1v) is 11.3. The molecule has 6 heteroatoms. The Morgan fingerprint density at radius 1 is 1.10 bits per heavy atom. The van der Waals surface area contributed by atoms with Gasteiger partial charge in [-0.1, -0.05) is 12.1 Å². The van der Waals surface area contributed by atoms with Gasteiger partial charge in [-0.3, -0.25) is 9.80 Å². The van der Waals surface area contributed by atoms with Crippen LogP contribution in [-0.4, -0.2) is 86.8 Å². The van der Waals surface area contributed by atoms with Crippen molar-refractivity contribution in [2.24, 2.45) is 7.05 Å². The molecule has 0 spiro atoms. The van der Waals surface area contributed by atoms with E-state index < -0.39 is 0 Å². The predicted molar refractivity (Wildman–Crippen MR) is 118 cm³/mol. The lowest BCUT2D eigenvalue weighted by atomic mass is 9.97. The number of fused-ring (bicyclic) bond motifs is 1. The Morgan fingerprint density at radius 2 is 1.86 bits per heavy atom. The summed E-state index contributed by atoms with van der Waals surface area (Å²) < 4.78 is 2.23. The van der Waals surface area contributed by atoms with E-state index in [0.29, 0.717) is 18.1 Å². The van der Waals surface area contributed by atoms with Crippen LogP contribution >= 0.6 is 0 Å². The number of hydrogen-bond donors (Lipinski definition) is 1. The molecule has 1 N–H and O–H groups in total. The number of piperidine rings is 1. The Labute approximate surface area is 175 Å². The van der Waals surface area contributed by atoms with E-state index >= 15 is 0 Å². The molecule has 2 saturated heterocycles. The van der Waals surface area contributed by atoms with Gasteiger partial charge in [0.05, 0.1) is 17.6 Å². The van der Waals surface area contributed by atoms with E-state index in [1.165, 1.54) is 31.4 Å². The van der Waals surface area contributed by atoms with E-state index in [9.17, 15) is 5.11 Å². The number of aromatic nitrogens is 2. The zero-order valence-corrected chi connectivity index (χ0v) is 18.3. The molecule has 2 aliphatic heterocycles. The molecular weight excluding hydrogens is 362 g/mol. The van der Waals surface area contributed by atoms with Crippen molar-refractivity contribution in [2.45, 2.75) is 57.8 Å². The van der Waals surface area contributed by atoms with Crippen LogP contribution in [0.1, 0.15) is 38.9 Å². The van der Waals surface area contributed by atoms with Gasteiger partial charge in [-0.2, -0.15) is 0 Å². The van der Waals surface area contributed by atoms with Gasteiger partial charge in [0, 0.05) is 51.4 Å². The third-order valence-corrected chi connectivity index (χ3v) is 7.02. The molecule has 29 heavy (non-hydrogen) atoms. The minimum atomic E-state index is 0.270. The number of hydrogen-bond acceptors (Lipinski definition) is 5. The number of imidazole rings is 1. The summed E-state index contributed by atoms with van der Waals surface area (Å²) in [6, 6.07) is 10.1. The topological polar surface area (TPSA) is 47.8 Å². The molecule has 2 fully saturated rings. The maximum Gasteiger partial charge on any atom is 0.123 e. The Bertz CT molecular complexity index is 796. The van der Waals surface area contributed by atoms with Crippen molar-refractivity contribution in [1.29, 1.82) is 0 Å². The Hall–Kier alpha value is -1.47. The van der Waals surface area contributed by atoms with Crippen LogP contribution in [0.3, 0.4) is 0 Å². The number of rotatable bonds is 6. The first-order valence-electron chi connectivity index (χ1n) is 11.3. The first kappa shape index (κ1) is 20.8. The normalized spacial score (nSPS) is 23.4. The number of aliphatic hydroxyl groups excluding tert-OH is 1. The van der Waals surface area contributed by atoms with Gasteiger partial charge >= 0.3 is 0 Å². The van der Waals surface area contributed by atoms with E-state index in [-0.39, 0.29) is 6.61 Å². The lowest BCUT2D eigenvalue weighted by Gasteiger charge is -2.48. The smallest absolute Gasteiger partial charge is 0.123 e. The number of piperazine rings is 1. The number of likely N-dealkylation sites (tertiary alicyclic amines) is 1. The van der Waals surface area contributed by atoms with Crippen LogP contribution in [0, 0.1) is 0 Å². The van der Waals surface area contributed by atoms with Crippen molar-refractivity contribution in [3.05, 3.63) is 30.1 Å². The Morgan fingerprint density at radius 3 is 2.55 bits per heavy atom. The summed E-state index contributed by atoms with van der Waals surface area (Å²) in [6.07, 6.45) is 3.37. The van der Waals surface area contributed by atoms with Gasteiger partial charge in [-0.05, 0) is 58.3 Å². The quantitative estimate of drug-likeness (QED) is 0.808. The molecule has 1 aromatic carbocycles. The zero-order chi connectivity index (χ0) is 20.4. The fraction of sp³-hybridized carbons (Fsp3) is 0.696. The Kier molecular flexibility index (Phi) is 6.54. The molecule has 160 valence electrons. The summed E-state index contributed by atoms with van der Waals surface area (Å²) in [5, 5.41) is 9.70. The minimum Gasteiger partial charge on any atom is -0.396 e. The molecule has 2 aliphatic rings. The summed E-state index contributed by atoms with van der Waals surface area (Å²) in [4.78, 5) is 12.7. The van der Waals surface area contributed by atoms with Crippen molar-refractivity contribution in [1.82, 2.24) is 24.3 Å². The van der Waals surface area contributed by atoms with Gasteiger partial charge in [0.15, 0.2) is 0 Å². The van der Waals surface area contributed by atoms with Gasteiger partial charge in [-0.25, -0.2) is 4.98 Å². The highest BCUT2D eigenvalue weighted by Crippen LogP contribution is 2.25. The van der Waals surface area contributed by atoms with Gasteiger partial charge in [0.1, 0.15) is 5.82 Å². The van der Waals surface area contributed by atoms with Crippen LogP contribution in [0.15, 0.2) is 24.3 Å². The summed E-state index contributed by atoms with van der Waals surface area (Å²) in [6.45, 7) is 11.4. The number of para-hydroxylation sites is 2. The molecule has 0 radical (unpaired) electrons. The highest BCUT2D eigenvalue weighted by Gasteiger charge is 2.34. The summed E-state index contributed by atoms with van der Waals surface area (Å²) in [5.41, 5.74) is 2.28. The number of aliphatic hydroxyl groups is 1. The number of nitrogens with zero attached hydrogens (tertiary/aromatic N) is 5. The average Bonchev–Trinajstić information content (AvgIpc) is 3.04. The highest BCUT2D eigenvalue weighted by molar-refractivity contribution is 5.75. The first-order chi connectivity index (χ1) is 14.1. The highest BCUT2D eigenvalue weighted by atomic mass is 16.3. The van der Waals surface area contributed by atoms with Gasteiger partial charge < -0.3 is 14.6 Å². The molecular formula is C23H37N5O. The largest absolute Gasteiger partial charge is 0.396 e. The Balaban J connectivity index is 1.40. The molecule has 1 atom stereocenters. The fourth-order valence-electron chi connectivity index (χ4n) is 5.23. The number of aryl methyl sites for hydroxylation is 1. The van der Waals surface area contributed by atoms with Gasteiger partial charge in [-0.15, -0.1) is 0 Å². The van der Waals surface area contributed by atoms with Crippen LogP contribution < -0.4 is 0 Å². The molecule has 1 aromatic heterocycles.